The molecule has 0 aliphatic carbocycles. The molecule has 0 spiro atoms. The molecule has 0 radical (unpaired) electrons. The summed E-state index contributed by atoms with van der Waals surface area (Å²) in [6.07, 6.45) is 1.75. The number of hydrogen-bond donors (Lipinski definition) is 2. The zero-order valence-electron chi connectivity index (χ0n) is 11.4. The average Bonchev–Trinajstić information content (AvgIpc) is 2.69. The summed E-state index contributed by atoms with van der Waals surface area (Å²) in [6.45, 7) is 1.59. The maximum absolute atomic E-state index is 12.2. The van der Waals surface area contributed by atoms with Gasteiger partial charge in [0.15, 0.2) is 0 Å². The fourth-order valence-electron chi connectivity index (χ4n) is 1.99. The van der Waals surface area contributed by atoms with Crippen molar-refractivity contribution in [1.29, 1.82) is 0 Å². The Hall–Kier alpha value is -1.64. The number of hydrogen-bond acceptors (Lipinski definition) is 3. The van der Waals surface area contributed by atoms with Crippen LogP contribution >= 0.6 is 15.9 Å². The summed E-state index contributed by atoms with van der Waals surface area (Å²) in [5.74, 6) is -0.335. The molecular formula is C13H14BrN3O3S. The van der Waals surface area contributed by atoms with E-state index < -0.39 is 10.0 Å². The Kier molecular flexibility index (Phi) is 4.22. The molecule has 3 N–H and O–H groups in total. The van der Waals surface area contributed by atoms with Crippen LogP contribution in [0.3, 0.4) is 0 Å². The summed E-state index contributed by atoms with van der Waals surface area (Å²) in [7, 11) is -2.08. The molecule has 1 heterocycles. The van der Waals surface area contributed by atoms with E-state index in [2.05, 4.69) is 21.2 Å². The molecule has 8 heteroatoms. The Balaban J connectivity index is 2.37. The number of carbonyl (C=O) groups is 1. The van der Waals surface area contributed by atoms with Gasteiger partial charge in [0.2, 0.25) is 10.0 Å². The number of carbonyl (C=O) groups excluding carboxylic acids is 1. The molecule has 21 heavy (non-hydrogen) atoms. The predicted molar refractivity (Wildman–Crippen MR) is 83.6 cm³/mol. The van der Waals surface area contributed by atoms with Crippen LogP contribution in [0.15, 0.2) is 39.8 Å². The fourth-order valence-corrected chi connectivity index (χ4v) is 3.32. The largest absolute Gasteiger partial charge is 0.345 e. The van der Waals surface area contributed by atoms with Gasteiger partial charge in [-0.05, 0) is 46.6 Å². The van der Waals surface area contributed by atoms with Gasteiger partial charge in [-0.15, -0.1) is 0 Å². The van der Waals surface area contributed by atoms with E-state index >= 15 is 0 Å². The molecule has 0 unspecified atom stereocenters. The lowest BCUT2D eigenvalue weighted by molar-refractivity contribution is 0.101. The van der Waals surface area contributed by atoms with Gasteiger partial charge < -0.3 is 9.88 Å². The molecule has 0 aliphatic rings. The van der Waals surface area contributed by atoms with Gasteiger partial charge in [0.1, 0.15) is 5.69 Å². The van der Waals surface area contributed by atoms with E-state index in [1.165, 1.54) is 12.1 Å². The number of aryl methyl sites for hydroxylation is 1. The normalized spacial score (nSPS) is 11.4. The van der Waals surface area contributed by atoms with Crippen molar-refractivity contribution >= 4 is 37.5 Å². The molecule has 0 saturated heterocycles. The number of sulfonamides is 1. The molecule has 1 aromatic carbocycles. The molecule has 0 fully saturated rings. The van der Waals surface area contributed by atoms with Gasteiger partial charge >= 0.3 is 0 Å². The third kappa shape index (κ3) is 3.34. The number of aromatic nitrogens is 1. The first-order chi connectivity index (χ1) is 9.70. The number of halogens is 1. The van der Waals surface area contributed by atoms with Crippen LogP contribution in [-0.4, -0.2) is 18.9 Å². The van der Waals surface area contributed by atoms with Crippen molar-refractivity contribution in [2.45, 2.75) is 11.8 Å². The summed E-state index contributed by atoms with van der Waals surface area (Å²) >= 11 is 3.29. The van der Waals surface area contributed by atoms with E-state index in [1.54, 1.807) is 36.9 Å². The van der Waals surface area contributed by atoms with E-state index in [0.29, 0.717) is 16.9 Å². The van der Waals surface area contributed by atoms with Crippen LogP contribution < -0.4 is 10.5 Å². The molecule has 1 amide bonds. The molecule has 6 nitrogen and oxygen atoms in total. The van der Waals surface area contributed by atoms with E-state index in [4.69, 9.17) is 5.14 Å². The highest BCUT2D eigenvalue weighted by Crippen LogP contribution is 2.23. The minimum absolute atomic E-state index is 0.00615. The van der Waals surface area contributed by atoms with E-state index in [1.807, 2.05) is 0 Å². The zero-order chi connectivity index (χ0) is 15.8. The van der Waals surface area contributed by atoms with Crippen LogP contribution in [-0.2, 0) is 17.1 Å². The number of amides is 1. The number of primary sulfonamides is 1. The minimum atomic E-state index is -3.82. The van der Waals surface area contributed by atoms with Crippen LogP contribution in [0.5, 0.6) is 0 Å². The lowest BCUT2D eigenvalue weighted by Gasteiger charge is -2.11. The molecule has 0 aliphatic heterocycles. The summed E-state index contributed by atoms with van der Waals surface area (Å²) in [5, 5.41) is 7.84. The Morgan fingerprint density at radius 1 is 1.38 bits per heavy atom. The van der Waals surface area contributed by atoms with Crippen LogP contribution in [0.1, 0.15) is 16.1 Å². The monoisotopic (exact) mass is 371 g/mol. The highest BCUT2D eigenvalue weighted by molar-refractivity contribution is 9.10. The topological polar surface area (TPSA) is 94.2 Å². The second kappa shape index (κ2) is 5.63. The average molecular weight is 372 g/mol. The van der Waals surface area contributed by atoms with E-state index in [9.17, 15) is 13.2 Å². The molecule has 0 bridgehead atoms. The Labute approximate surface area is 131 Å². The lowest BCUT2D eigenvalue weighted by Crippen LogP contribution is -2.18. The fraction of sp³-hybridized carbons (Fsp3) is 0.154. The first-order valence-corrected chi connectivity index (χ1v) is 8.29. The standard InChI is InChI=1S/C13H14BrN3O3S/c1-8-10(4-3-5-12(8)21(15,19)20)16-13(18)11-6-9(14)7-17(11)2/h3-7H,1-2H3,(H,16,18)(H2,15,19,20). The van der Waals surface area contributed by atoms with Crippen molar-refractivity contribution in [2.75, 3.05) is 5.32 Å². The Morgan fingerprint density at radius 3 is 2.57 bits per heavy atom. The third-order valence-electron chi connectivity index (χ3n) is 3.04. The second-order valence-corrected chi connectivity index (χ2v) is 7.03. The van der Waals surface area contributed by atoms with E-state index in [-0.39, 0.29) is 10.8 Å². The van der Waals surface area contributed by atoms with E-state index in [0.717, 1.165) is 4.47 Å². The van der Waals surface area contributed by atoms with Gasteiger partial charge in [0, 0.05) is 23.4 Å². The maximum Gasteiger partial charge on any atom is 0.272 e. The molecule has 1 aromatic heterocycles. The minimum Gasteiger partial charge on any atom is -0.345 e. The Morgan fingerprint density at radius 2 is 2.05 bits per heavy atom. The summed E-state index contributed by atoms with van der Waals surface area (Å²) < 4.78 is 25.4. The SMILES string of the molecule is Cc1c(NC(=O)c2cc(Br)cn2C)cccc1S(N)(=O)=O. The Bertz CT molecular complexity index is 812. The summed E-state index contributed by atoms with van der Waals surface area (Å²) in [6, 6.07) is 6.23. The molecular weight excluding hydrogens is 358 g/mol. The quantitative estimate of drug-likeness (QED) is 0.863. The zero-order valence-corrected chi connectivity index (χ0v) is 13.8. The van der Waals surface area contributed by atoms with Crippen LogP contribution in [0.25, 0.3) is 0 Å². The predicted octanol–water partition coefficient (Wildman–Crippen LogP) is 2.00. The lowest BCUT2D eigenvalue weighted by atomic mass is 10.2. The van der Waals surface area contributed by atoms with Crippen molar-refractivity contribution < 1.29 is 13.2 Å². The van der Waals surface area contributed by atoms with Gasteiger partial charge in [-0.2, -0.15) is 0 Å². The highest BCUT2D eigenvalue weighted by Gasteiger charge is 2.17. The molecule has 112 valence electrons. The first-order valence-electron chi connectivity index (χ1n) is 5.96. The van der Waals surface area contributed by atoms with Crippen LogP contribution in [0.4, 0.5) is 5.69 Å². The van der Waals surface area contributed by atoms with Crippen molar-refractivity contribution in [3.05, 3.63) is 46.2 Å². The van der Waals surface area contributed by atoms with Gasteiger partial charge in [-0.25, -0.2) is 13.6 Å². The summed E-state index contributed by atoms with van der Waals surface area (Å²) in [5.41, 5.74) is 1.26. The summed E-state index contributed by atoms with van der Waals surface area (Å²) in [4.78, 5) is 12.2. The number of benzene rings is 1. The van der Waals surface area contributed by atoms with Gasteiger partial charge in [-0.3, -0.25) is 4.79 Å². The second-order valence-electron chi connectivity index (χ2n) is 4.58. The van der Waals surface area contributed by atoms with Crippen molar-refractivity contribution in [2.24, 2.45) is 12.2 Å². The highest BCUT2D eigenvalue weighted by atomic mass is 79.9. The molecule has 2 aromatic rings. The first kappa shape index (κ1) is 15.7. The molecule has 0 atom stereocenters. The van der Waals surface area contributed by atoms with Crippen molar-refractivity contribution in [3.8, 4) is 0 Å². The van der Waals surface area contributed by atoms with Crippen molar-refractivity contribution in [1.82, 2.24) is 4.57 Å². The third-order valence-corrected chi connectivity index (χ3v) is 4.53. The number of anilines is 1. The van der Waals surface area contributed by atoms with Gasteiger partial charge in [-0.1, -0.05) is 6.07 Å². The van der Waals surface area contributed by atoms with Crippen LogP contribution in [0, 0.1) is 6.92 Å². The van der Waals surface area contributed by atoms with Gasteiger partial charge in [0.25, 0.3) is 5.91 Å². The number of nitrogens with two attached hydrogens (primary N) is 1. The number of nitrogens with zero attached hydrogens (tertiary/aromatic N) is 1. The maximum atomic E-state index is 12.2. The molecule has 2 rings (SSSR count). The number of rotatable bonds is 3. The van der Waals surface area contributed by atoms with Crippen LogP contribution in [0.2, 0.25) is 0 Å². The van der Waals surface area contributed by atoms with Gasteiger partial charge in [0.05, 0.1) is 4.90 Å². The molecule has 0 saturated carbocycles. The smallest absolute Gasteiger partial charge is 0.272 e. The van der Waals surface area contributed by atoms with Crippen molar-refractivity contribution in [3.63, 3.8) is 0 Å². The number of nitrogens with one attached hydrogen (secondary N) is 1.